The molecule has 0 spiro atoms. The fourth-order valence-electron chi connectivity index (χ4n) is 3.03. The number of rotatable bonds is 10. The summed E-state index contributed by atoms with van der Waals surface area (Å²) in [5.74, 6) is -0.926. The van der Waals surface area contributed by atoms with Crippen LogP contribution < -0.4 is 16.6 Å². The lowest BCUT2D eigenvalue weighted by Gasteiger charge is -2.24. The highest BCUT2D eigenvalue weighted by atomic mass is 16.6. The molecule has 164 valence electrons. The predicted octanol–water partition coefficient (Wildman–Crippen LogP) is -0.0225. The molecule has 2 N–H and O–H groups in total. The monoisotopic (exact) mass is 424 g/mol. The first-order valence-electron chi connectivity index (χ1n) is 9.40. The quantitative estimate of drug-likeness (QED) is 0.174. The lowest BCUT2D eigenvalue weighted by molar-refractivity contribution is -0.158. The minimum atomic E-state index is -0.984. The van der Waals surface area contributed by atoms with E-state index >= 15 is 0 Å². The first kappa shape index (κ1) is 23.1. The normalized spacial score (nSPS) is 22.9. The highest BCUT2D eigenvalue weighted by Crippen LogP contribution is 2.34. The van der Waals surface area contributed by atoms with E-state index in [1.54, 1.807) is 0 Å². The van der Waals surface area contributed by atoms with Crippen molar-refractivity contribution in [1.82, 2.24) is 14.9 Å². The number of aromatic nitrogens is 2. The van der Waals surface area contributed by atoms with Gasteiger partial charge in [0.05, 0.1) is 19.1 Å². The molecule has 1 aromatic rings. The van der Waals surface area contributed by atoms with Crippen molar-refractivity contribution in [2.45, 2.75) is 50.7 Å². The largest absolute Gasteiger partial charge is 0.457 e. The Morgan fingerprint density at radius 3 is 2.77 bits per heavy atom. The Hall–Kier alpha value is -3.15. The molecule has 13 nitrogen and oxygen atoms in total. The first-order valence-corrected chi connectivity index (χ1v) is 9.40. The number of esters is 1. The van der Waals surface area contributed by atoms with Crippen LogP contribution in [0.1, 0.15) is 32.4 Å². The van der Waals surface area contributed by atoms with E-state index in [1.807, 2.05) is 6.92 Å². The van der Waals surface area contributed by atoms with Crippen molar-refractivity contribution >= 4 is 11.9 Å². The molecule has 0 aliphatic carbocycles. The van der Waals surface area contributed by atoms with E-state index < -0.39 is 41.8 Å². The minimum absolute atomic E-state index is 0.00455. The molecule has 1 aromatic heterocycles. The fourth-order valence-corrected chi connectivity index (χ4v) is 3.03. The Bertz CT molecular complexity index is 906. The summed E-state index contributed by atoms with van der Waals surface area (Å²) in [5, 5.41) is 5.81. The number of nitrogens with one attached hydrogen (secondary N) is 2. The summed E-state index contributed by atoms with van der Waals surface area (Å²) in [5.41, 5.74) is 7.14. The summed E-state index contributed by atoms with van der Waals surface area (Å²) in [6.45, 7) is 1.83. The average Bonchev–Trinajstić information content (AvgIpc) is 3.06. The van der Waals surface area contributed by atoms with Crippen molar-refractivity contribution in [3.05, 3.63) is 43.5 Å². The molecule has 13 heteroatoms. The van der Waals surface area contributed by atoms with Crippen LogP contribution in [0.4, 0.5) is 0 Å². The van der Waals surface area contributed by atoms with Gasteiger partial charge in [0, 0.05) is 37.2 Å². The van der Waals surface area contributed by atoms with Gasteiger partial charge in [0.2, 0.25) is 5.91 Å². The standard InChI is InChI=1S/C17H24N6O7/c1-3-10-14(30-13(26)5-4-11(24)19-2)15(28-9-7-20-22-18)16(29-10)23-8-6-12(25)21-17(23)27/h6,8,10,14-16H,3-5,7,9H2,1-2H3,(H,19,24)(H,21,25,27)/t10-,14?,15+,16-/m1/s1. The smallest absolute Gasteiger partial charge is 0.330 e. The van der Waals surface area contributed by atoms with Crippen molar-refractivity contribution in [3.63, 3.8) is 0 Å². The van der Waals surface area contributed by atoms with Crippen LogP contribution in [0.3, 0.4) is 0 Å². The zero-order valence-corrected chi connectivity index (χ0v) is 16.6. The molecule has 1 aliphatic heterocycles. The first-order chi connectivity index (χ1) is 14.4. The Balaban J connectivity index is 2.25. The number of amides is 1. The number of hydrogen-bond acceptors (Lipinski definition) is 8. The third kappa shape index (κ3) is 5.92. The number of hydrogen-bond donors (Lipinski definition) is 2. The van der Waals surface area contributed by atoms with Gasteiger partial charge in [0.1, 0.15) is 6.10 Å². The van der Waals surface area contributed by atoms with Crippen molar-refractivity contribution in [1.29, 1.82) is 0 Å². The number of carbonyl (C=O) groups excluding carboxylic acids is 2. The van der Waals surface area contributed by atoms with Crippen molar-refractivity contribution < 1.29 is 23.8 Å². The van der Waals surface area contributed by atoms with E-state index in [9.17, 15) is 19.2 Å². The van der Waals surface area contributed by atoms with Crippen LogP contribution in [-0.4, -0.2) is 59.9 Å². The number of carbonyl (C=O) groups is 2. The Morgan fingerprint density at radius 2 is 2.13 bits per heavy atom. The van der Waals surface area contributed by atoms with E-state index in [1.165, 1.54) is 13.2 Å². The zero-order valence-electron chi connectivity index (χ0n) is 16.6. The topological polar surface area (TPSA) is 177 Å². The maximum absolute atomic E-state index is 12.3. The van der Waals surface area contributed by atoms with Crippen molar-refractivity contribution in [3.8, 4) is 0 Å². The predicted molar refractivity (Wildman–Crippen MR) is 102 cm³/mol. The lowest BCUT2D eigenvalue weighted by atomic mass is 10.1. The SMILES string of the molecule is CC[C@H]1O[C@@H](n2ccc(=O)[nH]c2=O)[C@@H](OCCN=[N+]=[N-])C1OC(=O)CCC(=O)NC. The summed E-state index contributed by atoms with van der Waals surface area (Å²) >= 11 is 0. The Kier molecular flexibility index (Phi) is 8.59. The molecule has 30 heavy (non-hydrogen) atoms. The second-order valence-corrected chi connectivity index (χ2v) is 6.41. The van der Waals surface area contributed by atoms with Gasteiger partial charge in [-0.25, -0.2) is 4.79 Å². The van der Waals surface area contributed by atoms with Crippen LogP contribution in [0.25, 0.3) is 10.4 Å². The Morgan fingerprint density at radius 1 is 1.37 bits per heavy atom. The highest BCUT2D eigenvalue weighted by Gasteiger charge is 2.48. The van der Waals surface area contributed by atoms with Crippen molar-refractivity contribution in [2.75, 3.05) is 20.2 Å². The third-order valence-corrected chi connectivity index (χ3v) is 4.48. The lowest BCUT2D eigenvalue weighted by Crippen LogP contribution is -2.41. The van der Waals surface area contributed by atoms with Gasteiger partial charge in [-0.2, -0.15) is 0 Å². The van der Waals surface area contributed by atoms with Crippen LogP contribution in [-0.2, 0) is 23.8 Å². The second kappa shape index (κ2) is 11.1. The summed E-state index contributed by atoms with van der Waals surface area (Å²) in [7, 11) is 1.46. The average molecular weight is 424 g/mol. The molecule has 0 radical (unpaired) electrons. The van der Waals surface area contributed by atoms with Crippen LogP contribution in [0.15, 0.2) is 27.0 Å². The van der Waals surface area contributed by atoms with E-state index in [2.05, 4.69) is 20.3 Å². The van der Waals surface area contributed by atoms with Gasteiger partial charge >= 0.3 is 11.7 Å². The van der Waals surface area contributed by atoms with Crippen molar-refractivity contribution in [2.24, 2.45) is 5.11 Å². The summed E-state index contributed by atoms with van der Waals surface area (Å²) in [6.07, 6.45) is -1.83. The molecule has 0 saturated carbocycles. The molecule has 1 saturated heterocycles. The second-order valence-electron chi connectivity index (χ2n) is 6.41. The summed E-state index contributed by atoms with van der Waals surface area (Å²) in [4.78, 5) is 52.0. The number of aromatic amines is 1. The van der Waals surface area contributed by atoms with E-state index in [0.717, 1.165) is 10.6 Å². The molecule has 1 fully saturated rings. The molecule has 4 atom stereocenters. The van der Waals surface area contributed by atoms with Gasteiger partial charge < -0.3 is 19.5 Å². The summed E-state index contributed by atoms with van der Waals surface area (Å²) < 4.78 is 18.3. The van der Waals surface area contributed by atoms with Crippen LogP contribution >= 0.6 is 0 Å². The van der Waals surface area contributed by atoms with Crippen LogP contribution in [0, 0.1) is 0 Å². The van der Waals surface area contributed by atoms with Crippen LogP contribution in [0.2, 0.25) is 0 Å². The van der Waals surface area contributed by atoms with E-state index in [4.69, 9.17) is 19.7 Å². The van der Waals surface area contributed by atoms with Gasteiger partial charge in [0.25, 0.3) is 5.56 Å². The van der Waals surface area contributed by atoms with Gasteiger partial charge in [-0.15, -0.1) is 0 Å². The minimum Gasteiger partial charge on any atom is -0.457 e. The number of H-pyrrole nitrogens is 1. The van der Waals surface area contributed by atoms with Gasteiger partial charge in [-0.1, -0.05) is 12.0 Å². The van der Waals surface area contributed by atoms with E-state index in [0.29, 0.717) is 6.42 Å². The third-order valence-electron chi connectivity index (χ3n) is 4.48. The van der Waals surface area contributed by atoms with E-state index in [-0.39, 0.29) is 31.9 Å². The maximum Gasteiger partial charge on any atom is 0.330 e. The van der Waals surface area contributed by atoms with Crippen LogP contribution in [0.5, 0.6) is 0 Å². The maximum atomic E-state index is 12.3. The highest BCUT2D eigenvalue weighted by molar-refractivity contribution is 5.81. The van der Waals surface area contributed by atoms with Gasteiger partial charge in [-0.05, 0) is 12.0 Å². The molecular weight excluding hydrogens is 400 g/mol. The molecule has 0 aromatic carbocycles. The molecule has 1 aliphatic rings. The zero-order chi connectivity index (χ0) is 22.1. The molecular formula is C17H24N6O7. The van der Waals surface area contributed by atoms with Gasteiger partial charge in [0.15, 0.2) is 12.3 Å². The number of nitrogens with zero attached hydrogens (tertiary/aromatic N) is 4. The molecule has 0 bridgehead atoms. The summed E-state index contributed by atoms with van der Waals surface area (Å²) in [6, 6.07) is 1.16. The number of ether oxygens (including phenoxy) is 3. The molecule has 2 rings (SSSR count). The number of azide groups is 1. The fraction of sp³-hybridized carbons (Fsp3) is 0.647. The van der Waals surface area contributed by atoms with Gasteiger partial charge in [-0.3, -0.25) is 23.9 Å². The molecule has 2 heterocycles. The molecule has 1 amide bonds. The molecule has 1 unspecified atom stereocenters. The Labute approximate surface area is 170 Å².